The van der Waals surface area contributed by atoms with Crippen LogP contribution in [0.2, 0.25) is 0 Å². The van der Waals surface area contributed by atoms with E-state index in [-0.39, 0.29) is 29.9 Å². The number of carbonyl (C=O) groups excluding carboxylic acids is 1. The zero-order valence-corrected chi connectivity index (χ0v) is 20.4. The maximum Gasteiger partial charge on any atom is 0.251 e. The predicted octanol–water partition coefficient (Wildman–Crippen LogP) is 3.71. The van der Waals surface area contributed by atoms with Crippen LogP contribution in [0.3, 0.4) is 0 Å². The van der Waals surface area contributed by atoms with Gasteiger partial charge in [-0.3, -0.25) is 4.79 Å². The third-order valence-electron chi connectivity index (χ3n) is 5.37. The Kier molecular flexibility index (Phi) is 12.2. The van der Waals surface area contributed by atoms with Crippen molar-refractivity contribution >= 4 is 35.8 Å². The second kappa shape index (κ2) is 13.8. The Morgan fingerprint density at radius 2 is 2.00 bits per heavy atom. The SMILES string of the molecule is CCCNC(=O)c1cccc(CN=C(NCC)NCC2(CCOC)CCC2)c1.I. The van der Waals surface area contributed by atoms with Crippen molar-refractivity contribution < 1.29 is 9.53 Å². The fourth-order valence-corrected chi connectivity index (χ4v) is 3.45. The Morgan fingerprint density at radius 3 is 2.62 bits per heavy atom. The highest BCUT2D eigenvalue weighted by atomic mass is 127. The molecule has 29 heavy (non-hydrogen) atoms. The summed E-state index contributed by atoms with van der Waals surface area (Å²) in [6.45, 7) is 7.89. The average Bonchev–Trinajstić information content (AvgIpc) is 2.69. The van der Waals surface area contributed by atoms with E-state index in [1.807, 2.05) is 31.2 Å². The lowest BCUT2D eigenvalue weighted by Crippen LogP contribution is -2.46. The minimum Gasteiger partial charge on any atom is -0.385 e. The smallest absolute Gasteiger partial charge is 0.251 e. The van der Waals surface area contributed by atoms with Crippen molar-refractivity contribution in [1.29, 1.82) is 0 Å². The van der Waals surface area contributed by atoms with E-state index in [0.717, 1.165) is 44.1 Å². The van der Waals surface area contributed by atoms with Gasteiger partial charge < -0.3 is 20.7 Å². The van der Waals surface area contributed by atoms with Crippen molar-refractivity contribution in [1.82, 2.24) is 16.0 Å². The molecule has 164 valence electrons. The van der Waals surface area contributed by atoms with Gasteiger partial charge in [0.05, 0.1) is 6.54 Å². The number of nitrogens with one attached hydrogen (secondary N) is 3. The second-order valence-corrected chi connectivity index (χ2v) is 7.60. The lowest BCUT2D eigenvalue weighted by atomic mass is 9.67. The molecule has 0 radical (unpaired) electrons. The van der Waals surface area contributed by atoms with Crippen LogP contribution in [0.4, 0.5) is 0 Å². The maximum atomic E-state index is 12.2. The van der Waals surface area contributed by atoms with Crippen LogP contribution in [0.5, 0.6) is 0 Å². The second-order valence-electron chi connectivity index (χ2n) is 7.60. The van der Waals surface area contributed by atoms with Crippen LogP contribution >= 0.6 is 24.0 Å². The molecular weight excluding hydrogens is 479 g/mol. The number of carbonyl (C=O) groups is 1. The third-order valence-corrected chi connectivity index (χ3v) is 5.37. The number of amides is 1. The number of ether oxygens (including phenoxy) is 1. The number of benzene rings is 1. The summed E-state index contributed by atoms with van der Waals surface area (Å²) in [5, 5.41) is 9.75. The fourth-order valence-electron chi connectivity index (χ4n) is 3.45. The summed E-state index contributed by atoms with van der Waals surface area (Å²) in [7, 11) is 1.77. The van der Waals surface area contributed by atoms with Gasteiger partial charge in [-0.25, -0.2) is 4.99 Å². The number of halogens is 1. The molecule has 0 aliphatic heterocycles. The molecule has 1 aliphatic rings. The van der Waals surface area contributed by atoms with Crippen molar-refractivity contribution in [2.24, 2.45) is 10.4 Å². The number of methoxy groups -OCH3 is 1. The molecule has 1 saturated carbocycles. The number of rotatable bonds is 11. The van der Waals surface area contributed by atoms with Crippen LogP contribution in [0.15, 0.2) is 29.3 Å². The van der Waals surface area contributed by atoms with Gasteiger partial charge in [0, 0.05) is 38.9 Å². The first-order chi connectivity index (χ1) is 13.6. The van der Waals surface area contributed by atoms with Gasteiger partial charge in [-0.15, -0.1) is 24.0 Å². The quantitative estimate of drug-likeness (QED) is 0.238. The van der Waals surface area contributed by atoms with E-state index in [2.05, 4.69) is 22.9 Å². The standard InChI is InChI=1S/C22H36N4O2.HI/c1-4-13-24-20(27)19-9-6-8-18(15-19)16-25-21(23-5-2)26-17-22(10-7-11-22)12-14-28-3;/h6,8-9,15H,4-5,7,10-14,16-17H2,1-3H3,(H,24,27)(H2,23,25,26);1H. The Bertz CT molecular complexity index is 647. The van der Waals surface area contributed by atoms with Crippen molar-refractivity contribution in [2.75, 3.05) is 33.4 Å². The van der Waals surface area contributed by atoms with Gasteiger partial charge in [0.15, 0.2) is 5.96 Å². The maximum absolute atomic E-state index is 12.2. The Hall–Kier alpha value is -1.35. The molecule has 2 rings (SSSR count). The van der Waals surface area contributed by atoms with Gasteiger partial charge in [-0.1, -0.05) is 25.5 Å². The van der Waals surface area contributed by atoms with Crippen molar-refractivity contribution in [3.63, 3.8) is 0 Å². The summed E-state index contributed by atoms with van der Waals surface area (Å²) >= 11 is 0. The predicted molar refractivity (Wildman–Crippen MR) is 130 cm³/mol. The van der Waals surface area contributed by atoms with Gasteiger partial charge in [0.25, 0.3) is 5.91 Å². The molecule has 1 fully saturated rings. The van der Waals surface area contributed by atoms with Gasteiger partial charge >= 0.3 is 0 Å². The largest absolute Gasteiger partial charge is 0.385 e. The Balaban J connectivity index is 0.00000420. The summed E-state index contributed by atoms with van der Waals surface area (Å²) in [6, 6.07) is 7.69. The minimum atomic E-state index is -0.0252. The molecule has 1 amide bonds. The van der Waals surface area contributed by atoms with Crippen LogP contribution in [-0.2, 0) is 11.3 Å². The Labute approximate surface area is 192 Å². The van der Waals surface area contributed by atoms with Crippen LogP contribution < -0.4 is 16.0 Å². The van der Waals surface area contributed by atoms with E-state index in [4.69, 9.17) is 9.73 Å². The number of guanidine groups is 1. The first-order valence-corrected chi connectivity index (χ1v) is 10.5. The van der Waals surface area contributed by atoms with Crippen molar-refractivity contribution in [3.05, 3.63) is 35.4 Å². The van der Waals surface area contributed by atoms with E-state index in [1.54, 1.807) is 7.11 Å². The molecule has 6 nitrogen and oxygen atoms in total. The van der Waals surface area contributed by atoms with Gasteiger partial charge in [-0.05, 0) is 55.7 Å². The summed E-state index contributed by atoms with van der Waals surface area (Å²) in [5.74, 6) is 0.801. The van der Waals surface area contributed by atoms with Gasteiger partial charge in [0.2, 0.25) is 0 Å². The summed E-state index contributed by atoms with van der Waals surface area (Å²) in [5.41, 5.74) is 2.05. The number of aliphatic imine (C=N–C) groups is 1. The molecule has 1 aromatic carbocycles. The molecule has 0 spiro atoms. The van der Waals surface area contributed by atoms with Gasteiger partial charge in [0.1, 0.15) is 0 Å². The zero-order valence-electron chi connectivity index (χ0n) is 18.1. The summed E-state index contributed by atoms with van der Waals surface area (Å²) in [4.78, 5) is 16.9. The van der Waals surface area contributed by atoms with E-state index in [9.17, 15) is 4.79 Å². The lowest BCUT2D eigenvalue weighted by molar-refractivity contribution is 0.0732. The van der Waals surface area contributed by atoms with Crippen LogP contribution in [0.25, 0.3) is 0 Å². The van der Waals surface area contributed by atoms with Crippen LogP contribution in [0.1, 0.15) is 61.9 Å². The van der Waals surface area contributed by atoms with Gasteiger partial charge in [-0.2, -0.15) is 0 Å². The lowest BCUT2D eigenvalue weighted by Gasteiger charge is -2.42. The molecule has 0 bridgehead atoms. The molecule has 1 aromatic rings. The van der Waals surface area contributed by atoms with Crippen LogP contribution in [-0.4, -0.2) is 45.2 Å². The molecular formula is C22H37IN4O2. The summed E-state index contributed by atoms with van der Waals surface area (Å²) in [6.07, 6.45) is 5.81. The van der Waals surface area contributed by atoms with E-state index >= 15 is 0 Å². The highest BCUT2D eigenvalue weighted by Crippen LogP contribution is 2.43. The zero-order chi connectivity index (χ0) is 20.2. The molecule has 0 saturated heterocycles. The van der Waals surface area contributed by atoms with E-state index in [0.29, 0.717) is 24.1 Å². The molecule has 0 unspecified atom stereocenters. The number of hydrogen-bond acceptors (Lipinski definition) is 3. The van der Waals surface area contributed by atoms with Crippen LogP contribution in [0, 0.1) is 5.41 Å². The molecule has 0 heterocycles. The molecule has 3 N–H and O–H groups in total. The first kappa shape index (κ1) is 25.7. The topological polar surface area (TPSA) is 74.8 Å². The molecule has 1 aliphatic carbocycles. The highest BCUT2D eigenvalue weighted by Gasteiger charge is 2.36. The van der Waals surface area contributed by atoms with E-state index < -0.39 is 0 Å². The monoisotopic (exact) mass is 516 g/mol. The van der Waals surface area contributed by atoms with Crippen molar-refractivity contribution in [2.45, 2.75) is 52.5 Å². The number of hydrogen-bond donors (Lipinski definition) is 3. The molecule has 0 aromatic heterocycles. The highest BCUT2D eigenvalue weighted by molar-refractivity contribution is 14.0. The fraction of sp³-hybridized carbons (Fsp3) is 0.636. The van der Waals surface area contributed by atoms with E-state index in [1.165, 1.54) is 19.3 Å². The van der Waals surface area contributed by atoms with Crippen molar-refractivity contribution in [3.8, 4) is 0 Å². The first-order valence-electron chi connectivity index (χ1n) is 10.5. The third kappa shape index (κ3) is 8.50. The molecule has 0 atom stereocenters. The Morgan fingerprint density at radius 1 is 1.21 bits per heavy atom. The summed E-state index contributed by atoms with van der Waals surface area (Å²) < 4.78 is 5.28. The molecule has 7 heteroatoms. The number of nitrogens with zero attached hydrogens (tertiary/aromatic N) is 1. The minimum absolute atomic E-state index is 0. The normalized spacial score (nSPS) is 15.1. The average molecular weight is 516 g/mol.